The first-order valence-electron chi connectivity index (χ1n) is 8.07. The Morgan fingerprint density at radius 1 is 1.19 bits per heavy atom. The monoisotopic (exact) mass is 346 g/mol. The highest BCUT2D eigenvalue weighted by Gasteiger charge is 2.13. The highest BCUT2D eigenvalue weighted by molar-refractivity contribution is 9.10. The SMILES string of the molecule is Brc1ccc(CNCCCC2CCCC2)c2ncccc12. The standard InChI is InChI=1S/C18H23BrN2/c19-17-10-9-15(18-16(17)8-4-12-21-18)13-20-11-3-7-14-5-1-2-6-14/h4,8-10,12,14,20H,1-3,5-7,11,13H2. The van der Waals surface area contributed by atoms with Crippen LogP contribution in [0.15, 0.2) is 34.9 Å². The van der Waals surface area contributed by atoms with E-state index in [0.29, 0.717) is 0 Å². The molecule has 0 unspecified atom stereocenters. The quantitative estimate of drug-likeness (QED) is 0.739. The van der Waals surface area contributed by atoms with Crippen molar-refractivity contribution in [2.75, 3.05) is 6.54 Å². The summed E-state index contributed by atoms with van der Waals surface area (Å²) in [6.45, 7) is 2.02. The fourth-order valence-electron chi connectivity index (χ4n) is 3.38. The van der Waals surface area contributed by atoms with Crippen LogP contribution in [0.25, 0.3) is 10.9 Å². The Kier molecular flexibility index (Phi) is 5.26. The number of aromatic nitrogens is 1. The van der Waals surface area contributed by atoms with Crippen LogP contribution in [-0.4, -0.2) is 11.5 Å². The maximum absolute atomic E-state index is 4.53. The zero-order valence-electron chi connectivity index (χ0n) is 12.4. The summed E-state index contributed by atoms with van der Waals surface area (Å²) in [5.41, 5.74) is 2.39. The molecule has 3 heteroatoms. The Morgan fingerprint density at radius 3 is 2.90 bits per heavy atom. The van der Waals surface area contributed by atoms with E-state index >= 15 is 0 Å². The van der Waals surface area contributed by atoms with E-state index in [1.807, 2.05) is 12.3 Å². The van der Waals surface area contributed by atoms with Crippen molar-refractivity contribution in [1.82, 2.24) is 10.3 Å². The summed E-state index contributed by atoms with van der Waals surface area (Å²) in [6, 6.07) is 8.41. The molecular formula is C18H23BrN2. The summed E-state index contributed by atoms with van der Waals surface area (Å²) in [6.07, 6.45) is 10.4. The van der Waals surface area contributed by atoms with Gasteiger partial charge in [0.25, 0.3) is 0 Å². The van der Waals surface area contributed by atoms with E-state index in [2.05, 4.69) is 44.4 Å². The predicted molar refractivity (Wildman–Crippen MR) is 92.3 cm³/mol. The molecule has 0 aliphatic heterocycles. The zero-order valence-corrected chi connectivity index (χ0v) is 14.0. The molecule has 0 amide bonds. The lowest BCUT2D eigenvalue weighted by Gasteiger charge is -2.11. The molecule has 1 fully saturated rings. The average Bonchev–Trinajstić information content (AvgIpc) is 3.03. The molecule has 21 heavy (non-hydrogen) atoms. The summed E-state index contributed by atoms with van der Waals surface area (Å²) in [4.78, 5) is 4.53. The molecule has 0 saturated heterocycles. The van der Waals surface area contributed by atoms with Crippen molar-refractivity contribution in [3.63, 3.8) is 0 Å². The highest BCUT2D eigenvalue weighted by atomic mass is 79.9. The zero-order chi connectivity index (χ0) is 14.5. The minimum absolute atomic E-state index is 0.908. The third kappa shape index (κ3) is 3.83. The molecule has 2 aromatic rings. The van der Waals surface area contributed by atoms with Crippen molar-refractivity contribution >= 4 is 26.8 Å². The van der Waals surface area contributed by atoms with E-state index in [4.69, 9.17) is 0 Å². The first kappa shape index (κ1) is 15.0. The van der Waals surface area contributed by atoms with Gasteiger partial charge in [-0.25, -0.2) is 0 Å². The lowest BCUT2D eigenvalue weighted by Crippen LogP contribution is -2.16. The summed E-state index contributed by atoms with van der Waals surface area (Å²) in [5, 5.41) is 4.78. The van der Waals surface area contributed by atoms with Gasteiger partial charge >= 0.3 is 0 Å². The van der Waals surface area contributed by atoms with Crippen molar-refractivity contribution < 1.29 is 0 Å². The first-order chi connectivity index (χ1) is 10.3. The number of rotatable bonds is 6. The Labute approximate surface area is 135 Å². The van der Waals surface area contributed by atoms with E-state index < -0.39 is 0 Å². The predicted octanol–water partition coefficient (Wildman–Crippen LogP) is 5.06. The van der Waals surface area contributed by atoms with Crippen molar-refractivity contribution in [3.8, 4) is 0 Å². The topological polar surface area (TPSA) is 24.9 Å². The fraction of sp³-hybridized carbons (Fsp3) is 0.500. The Balaban J connectivity index is 1.52. The maximum atomic E-state index is 4.53. The van der Waals surface area contributed by atoms with Crippen LogP contribution in [0.3, 0.4) is 0 Å². The lowest BCUT2D eigenvalue weighted by molar-refractivity contribution is 0.470. The van der Waals surface area contributed by atoms with E-state index in [1.165, 1.54) is 49.5 Å². The molecule has 0 atom stereocenters. The normalized spacial score (nSPS) is 15.9. The number of hydrogen-bond acceptors (Lipinski definition) is 2. The van der Waals surface area contributed by atoms with Crippen molar-refractivity contribution in [1.29, 1.82) is 0 Å². The largest absolute Gasteiger partial charge is 0.313 e. The van der Waals surface area contributed by atoms with Crippen LogP contribution in [0.4, 0.5) is 0 Å². The van der Waals surface area contributed by atoms with E-state index in [1.54, 1.807) is 0 Å². The molecule has 0 spiro atoms. The van der Waals surface area contributed by atoms with E-state index in [0.717, 1.165) is 29.0 Å². The molecule has 0 radical (unpaired) electrons. The Morgan fingerprint density at radius 2 is 2.05 bits per heavy atom. The minimum Gasteiger partial charge on any atom is -0.313 e. The van der Waals surface area contributed by atoms with Gasteiger partial charge in [-0.15, -0.1) is 0 Å². The lowest BCUT2D eigenvalue weighted by atomic mass is 10.0. The molecule has 3 rings (SSSR count). The smallest absolute Gasteiger partial charge is 0.0758 e. The molecule has 1 aliphatic carbocycles. The van der Waals surface area contributed by atoms with E-state index in [-0.39, 0.29) is 0 Å². The molecule has 1 heterocycles. The molecule has 1 aromatic carbocycles. The van der Waals surface area contributed by atoms with Crippen LogP contribution in [0.5, 0.6) is 0 Å². The molecule has 1 saturated carbocycles. The molecule has 2 nitrogen and oxygen atoms in total. The Bertz CT molecular complexity index is 591. The first-order valence-corrected chi connectivity index (χ1v) is 8.87. The van der Waals surface area contributed by atoms with Gasteiger partial charge < -0.3 is 5.32 Å². The third-order valence-electron chi connectivity index (χ3n) is 4.56. The number of nitrogens with one attached hydrogen (secondary N) is 1. The van der Waals surface area contributed by atoms with Gasteiger partial charge in [0.2, 0.25) is 0 Å². The van der Waals surface area contributed by atoms with Crippen LogP contribution < -0.4 is 5.32 Å². The molecule has 0 bridgehead atoms. The number of nitrogens with zero attached hydrogens (tertiary/aromatic N) is 1. The second kappa shape index (κ2) is 7.37. The van der Waals surface area contributed by atoms with Crippen LogP contribution in [0.2, 0.25) is 0 Å². The van der Waals surface area contributed by atoms with Crippen LogP contribution in [-0.2, 0) is 6.54 Å². The number of hydrogen-bond donors (Lipinski definition) is 1. The summed E-state index contributed by atoms with van der Waals surface area (Å²) >= 11 is 3.60. The number of benzene rings is 1. The Hall–Kier alpha value is -0.930. The van der Waals surface area contributed by atoms with Crippen molar-refractivity contribution in [3.05, 3.63) is 40.5 Å². The fourth-order valence-corrected chi connectivity index (χ4v) is 3.83. The highest BCUT2D eigenvalue weighted by Crippen LogP contribution is 2.28. The van der Waals surface area contributed by atoms with Crippen LogP contribution >= 0.6 is 15.9 Å². The molecule has 1 aromatic heterocycles. The van der Waals surface area contributed by atoms with Gasteiger partial charge in [0.05, 0.1) is 5.52 Å². The van der Waals surface area contributed by atoms with Gasteiger partial charge in [0.15, 0.2) is 0 Å². The molecular weight excluding hydrogens is 324 g/mol. The summed E-state index contributed by atoms with van der Waals surface area (Å²) in [7, 11) is 0. The van der Waals surface area contributed by atoms with Gasteiger partial charge in [-0.2, -0.15) is 0 Å². The van der Waals surface area contributed by atoms with Gasteiger partial charge in [-0.3, -0.25) is 4.98 Å². The minimum atomic E-state index is 0.908. The average molecular weight is 347 g/mol. The summed E-state index contributed by atoms with van der Waals surface area (Å²) in [5.74, 6) is 1.00. The maximum Gasteiger partial charge on any atom is 0.0758 e. The second-order valence-electron chi connectivity index (χ2n) is 6.08. The van der Waals surface area contributed by atoms with Gasteiger partial charge in [0.1, 0.15) is 0 Å². The van der Waals surface area contributed by atoms with Gasteiger partial charge in [-0.1, -0.05) is 53.7 Å². The van der Waals surface area contributed by atoms with Crippen LogP contribution in [0.1, 0.15) is 44.1 Å². The summed E-state index contributed by atoms with van der Waals surface area (Å²) < 4.78 is 1.12. The van der Waals surface area contributed by atoms with E-state index in [9.17, 15) is 0 Å². The van der Waals surface area contributed by atoms with Gasteiger partial charge in [0, 0.05) is 22.6 Å². The molecule has 1 N–H and O–H groups in total. The van der Waals surface area contributed by atoms with Gasteiger partial charge in [-0.05, 0) is 43.0 Å². The number of fused-ring (bicyclic) bond motifs is 1. The number of pyridine rings is 1. The second-order valence-corrected chi connectivity index (χ2v) is 6.93. The van der Waals surface area contributed by atoms with Crippen molar-refractivity contribution in [2.24, 2.45) is 5.92 Å². The van der Waals surface area contributed by atoms with Crippen LogP contribution in [0, 0.1) is 5.92 Å². The third-order valence-corrected chi connectivity index (χ3v) is 5.25. The molecule has 1 aliphatic rings. The van der Waals surface area contributed by atoms with Crippen molar-refractivity contribution in [2.45, 2.75) is 45.1 Å². The number of halogens is 1. The molecule has 112 valence electrons.